The van der Waals surface area contributed by atoms with Crippen LogP contribution in [0.5, 0.6) is 0 Å². The topological polar surface area (TPSA) is 41.1 Å². The number of nitrogens with one attached hydrogen (secondary N) is 2. The van der Waals surface area contributed by atoms with Gasteiger partial charge in [0.25, 0.3) is 0 Å². The number of hydrogen-bond donors (Lipinski definition) is 2. The first-order valence-corrected chi connectivity index (χ1v) is 4.28. The molecular weight excluding hydrogens is 140 g/mol. The molecule has 3 nitrogen and oxygen atoms in total. The van der Waals surface area contributed by atoms with Crippen LogP contribution in [-0.2, 0) is 0 Å². The Balaban J connectivity index is 2.02. The molecule has 3 heteroatoms. The minimum absolute atomic E-state index is 0.0128. The maximum atomic E-state index is 11.0. The van der Waals surface area contributed by atoms with Gasteiger partial charge in [0, 0.05) is 12.6 Å². The molecule has 1 rings (SSSR count). The highest BCUT2D eigenvalue weighted by atomic mass is 16.2. The summed E-state index contributed by atoms with van der Waals surface area (Å²) in [6.45, 7) is 4.96. The second-order valence-electron chi connectivity index (χ2n) is 3.22. The lowest BCUT2D eigenvalue weighted by Crippen LogP contribution is -2.37. The van der Waals surface area contributed by atoms with Crippen LogP contribution in [0.3, 0.4) is 0 Å². The highest BCUT2D eigenvalue weighted by Crippen LogP contribution is 2.28. The van der Waals surface area contributed by atoms with Crippen molar-refractivity contribution in [2.75, 3.05) is 6.54 Å². The van der Waals surface area contributed by atoms with Crippen LogP contribution < -0.4 is 10.6 Å². The van der Waals surface area contributed by atoms with Crippen LogP contribution in [0.4, 0.5) is 4.79 Å². The summed E-state index contributed by atoms with van der Waals surface area (Å²) >= 11 is 0. The highest BCUT2D eigenvalue weighted by molar-refractivity contribution is 5.74. The smallest absolute Gasteiger partial charge is 0.315 e. The predicted octanol–water partition coefficient (Wildman–Crippen LogP) is 1.10. The van der Waals surface area contributed by atoms with Gasteiger partial charge in [-0.1, -0.05) is 13.8 Å². The molecule has 0 aromatic rings. The van der Waals surface area contributed by atoms with E-state index < -0.39 is 0 Å². The predicted molar refractivity (Wildman–Crippen MR) is 44.4 cm³/mol. The summed E-state index contributed by atoms with van der Waals surface area (Å²) in [5, 5.41) is 5.66. The molecule has 0 aliphatic heterocycles. The number of carbonyl (C=O) groups is 1. The zero-order valence-corrected chi connectivity index (χ0v) is 7.18. The molecule has 0 saturated heterocycles. The second kappa shape index (κ2) is 3.60. The van der Waals surface area contributed by atoms with Crippen molar-refractivity contribution in [1.82, 2.24) is 10.6 Å². The Hall–Kier alpha value is -0.730. The van der Waals surface area contributed by atoms with Gasteiger partial charge in [-0.15, -0.1) is 0 Å². The molecule has 0 spiro atoms. The fourth-order valence-electron chi connectivity index (χ4n) is 0.981. The molecule has 2 N–H and O–H groups in total. The van der Waals surface area contributed by atoms with Gasteiger partial charge in [-0.25, -0.2) is 4.79 Å². The fourth-order valence-corrected chi connectivity index (χ4v) is 0.981. The summed E-state index contributed by atoms with van der Waals surface area (Å²) < 4.78 is 0. The summed E-state index contributed by atoms with van der Waals surface area (Å²) in [5.74, 6) is 0.683. The van der Waals surface area contributed by atoms with Crippen molar-refractivity contribution in [3.05, 3.63) is 0 Å². The van der Waals surface area contributed by atoms with Crippen molar-refractivity contribution in [3.63, 3.8) is 0 Å². The zero-order valence-electron chi connectivity index (χ0n) is 7.18. The average molecular weight is 156 g/mol. The van der Waals surface area contributed by atoms with Crippen LogP contribution in [0, 0.1) is 5.92 Å². The zero-order chi connectivity index (χ0) is 8.27. The molecule has 1 fully saturated rings. The van der Waals surface area contributed by atoms with Gasteiger partial charge >= 0.3 is 6.03 Å². The summed E-state index contributed by atoms with van der Waals surface area (Å²) in [5.41, 5.74) is 0. The van der Waals surface area contributed by atoms with E-state index in [0.29, 0.717) is 12.0 Å². The molecular formula is C8H16N2O. The normalized spacial score (nSPS) is 27.8. The number of hydrogen-bond acceptors (Lipinski definition) is 1. The Morgan fingerprint density at radius 2 is 2.27 bits per heavy atom. The quantitative estimate of drug-likeness (QED) is 0.631. The molecule has 1 aliphatic carbocycles. The molecule has 1 saturated carbocycles. The minimum Gasteiger partial charge on any atom is -0.338 e. The largest absolute Gasteiger partial charge is 0.338 e. The van der Waals surface area contributed by atoms with E-state index in [0.717, 1.165) is 19.4 Å². The van der Waals surface area contributed by atoms with Gasteiger partial charge in [0.1, 0.15) is 0 Å². The van der Waals surface area contributed by atoms with Crippen LogP contribution in [0.1, 0.15) is 26.7 Å². The second-order valence-corrected chi connectivity index (χ2v) is 3.22. The van der Waals surface area contributed by atoms with Crippen LogP contribution in [0.15, 0.2) is 0 Å². The van der Waals surface area contributed by atoms with Crippen molar-refractivity contribution in [2.24, 2.45) is 5.92 Å². The maximum absolute atomic E-state index is 11.0. The standard InChI is InChI=1S/C8H16N2O/c1-3-4-9-8(11)10-7-5-6(7)2/h6-7H,3-5H2,1-2H3,(H2,9,10,11)/t6-,7-/m1/s1. The molecule has 0 unspecified atom stereocenters. The van der Waals surface area contributed by atoms with Crippen molar-refractivity contribution in [1.29, 1.82) is 0 Å². The van der Waals surface area contributed by atoms with Crippen LogP contribution in [0.25, 0.3) is 0 Å². The third kappa shape index (κ3) is 2.78. The molecule has 2 atom stereocenters. The first-order chi connectivity index (χ1) is 5.24. The summed E-state index contributed by atoms with van der Waals surface area (Å²) in [6, 6.07) is 0.424. The molecule has 64 valence electrons. The van der Waals surface area contributed by atoms with E-state index in [9.17, 15) is 4.79 Å². The Kier molecular flexibility index (Phi) is 2.74. The first-order valence-electron chi connectivity index (χ1n) is 4.28. The SMILES string of the molecule is CCCNC(=O)N[C@@H]1C[C@H]1C. The van der Waals surface area contributed by atoms with E-state index in [-0.39, 0.29) is 6.03 Å². The van der Waals surface area contributed by atoms with E-state index in [1.807, 2.05) is 6.92 Å². The lowest BCUT2D eigenvalue weighted by atomic mass is 10.5. The van der Waals surface area contributed by atoms with Crippen molar-refractivity contribution < 1.29 is 4.79 Å². The van der Waals surface area contributed by atoms with Gasteiger partial charge in [0.05, 0.1) is 0 Å². The van der Waals surface area contributed by atoms with Crippen LogP contribution >= 0.6 is 0 Å². The monoisotopic (exact) mass is 156 g/mol. The number of rotatable bonds is 3. The molecule has 0 aromatic heterocycles. The molecule has 2 amide bonds. The summed E-state index contributed by atoms with van der Waals surface area (Å²) in [7, 11) is 0. The minimum atomic E-state index is -0.0128. The molecule has 0 radical (unpaired) electrons. The third-order valence-corrected chi connectivity index (χ3v) is 1.96. The van der Waals surface area contributed by atoms with Gasteiger partial charge < -0.3 is 10.6 Å². The maximum Gasteiger partial charge on any atom is 0.315 e. The fraction of sp³-hybridized carbons (Fsp3) is 0.875. The summed E-state index contributed by atoms with van der Waals surface area (Å²) in [6.07, 6.45) is 2.13. The Bertz CT molecular complexity index is 147. The van der Waals surface area contributed by atoms with Gasteiger partial charge in [-0.2, -0.15) is 0 Å². The van der Waals surface area contributed by atoms with E-state index >= 15 is 0 Å². The van der Waals surface area contributed by atoms with E-state index in [1.165, 1.54) is 0 Å². The molecule has 0 aromatic carbocycles. The van der Waals surface area contributed by atoms with Gasteiger partial charge in [0.2, 0.25) is 0 Å². The first kappa shape index (κ1) is 8.37. The van der Waals surface area contributed by atoms with Crippen molar-refractivity contribution in [2.45, 2.75) is 32.7 Å². The number of urea groups is 1. The average Bonchev–Trinajstić information content (AvgIpc) is 2.62. The van der Waals surface area contributed by atoms with Crippen molar-refractivity contribution >= 4 is 6.03 Å². The van der Waals surface area contributed by atoms with E-state index in [1.54, 1.807) is 0 Å². The van der Waals surface area contributed by atoms with E-state index in [2.05, 4.69) is 17.6 Å². The lowest BCUT2D eigenvalue weighted by Gasteiger charge is -2.04. The van der Waals surface area contributed by atoms with Crippen LogP contribution in [0.2, 0.25) is 0 Å². The van der Waals surface area contributed by atoms with Gasteiger partial charge in [0.15, 0.2) is 0 Å². The molecule has 0 bridgehead atoms. The van der Waals surface area contributed by atoms with E-state index in [4.69, 9.17) is 0 Å². The highest BCUT2D eigenvalue weighted by Gasteiger charge is 2.33. The summed E-state index contributed by atoms with van der Waals surface area (Å²) in [4.78, 5) is 11.0. The van der Waals surface area contributed by atoms with Crippen molar-refractivity contribution in [3.8, 4) is 0 Å². The molecule has 0 heterocycles. The number of amides is 2. The number of carbonyl (C=O) groups excluding carboxylic acids is 1. The van der Waals surface area contributed by atoms with Gasteiger partial charge in [-0.05, 0) is 18.8 Å². The molecule has 1 aliphatic rings. The Morgan fingerprint density at radius 1 is 1.64 bits per heavy atom. The third-order valence-electron chi connectivity index (χ3n) is 1.96. The Morgan fingerprint density at radius 3 is 2.73 bits per heavy atom. The van der Waals surface area contributed by atoms with Crippen LogP contribution in [-0.4, -0.2) is 18.6 Å². The lowest BCUT2D eigenvalue weighted by molar-refractivity contribution is 0.240. The van der Waals surface area contributed by atoms with Gasteiger partial charge in [-0.3, -0.25) is 0 Å². The molecule has 11 heavy (non-hydrogen) atoms. The Labute approximate surface area is 67.5 Å².